The molecular formula is C15H17Cl2N3O2. The van der Waals surface area contributed by atoms with Crippen molar-refractivity contribution in [2.24, 2.45) is 0 Å². The Bertz CT molecular complexity index is 650. The number of carbonyl (C=O) groups excluding carboxylic acids is 1. The van der Waals surface area contributed by atoms with E-state index >= 15 is 0 Å². The van der Waals surface area contributed by atoms with Crippen LogP contribution >= 0.6 is 23.2 Å². The van der Waals surface area contributed by atoms with Crippen LogP contribution in [-0.4, -0.2) is 27.3 Å². The maximum Gasteiger partial charge on any atom is 0.271 e. The van der Waals surface area contributed by atoms with E-state index in [0.29, 0.717) is 21.3 Å². The van der Waals surface area contributed by atoms with Crippen molar-refractivity contribution in [2.45, 2.75) is 26.0 Å². The average molecular weight is 342 g/mol. The molecule has 2 rings (SSSR count). The highest BCUT2D eigenvalue weighted by Crippen LogP contribution is 2.29. The van der Waals surface area contributed by atoms with Crippen LogP contribution in [0.25, 0.3) is 0 Å². The van der Waals surface area contributed by atoms with E-state index in [0.717, 1.165) is 0 Å². The van der Waals surface area contributed by atoms with Gasteiger partial charge in [0.1, 0.15) is 5.69 Å². The third kappa shape index (κ3) is 3.80. The fourth-order valence-electron chi connectivity index (χ4n) is 1.96. The molecule has 0 saturated heterocycles. The van der Waals surface area contributed by atoms with Gasteiger partial charge in [-0.15, -0.1) is 0 Å². The Morgan fingerprint density at radius 1 is 1.32 bits per heavy atom. The summed E-state index contributed by atoms with van der Waals surface area (Å²) in [6.45, 7) is 3.94. The van der Waals surface area contributed by atoms with Crippen molar-refractivity contribution in [1.82, 2.24) is 15.1 Å². The number of benzene rings is 1. The van der Waals surface area contributed by atoms with Crippen molar-refractivity contribution in [1.29, 1.82) is 0 Å². The zero-order chi connectivity index (χ0) is 16.3. The number of amides is 1. The Kier molecular flexibility index (Phi) is 5.45. The first-order valence-corrected chi connectivity index (χ1v) is 7.61. The molecule has 1 aromatic heterocycles. The molecule has 0 aliphatic heterocycles. The van der Waals surface area contributed by atoms with Gasteiger partial charge in [0.2, 0.25) is 0 Å². The average Bonchev–Trinajstić information content (AvgIpc) is 2.94. The van der Waals surface area contributed by atoms with Crippen LogP contribution in [-0.2, 0) is 0 Å². The van der Waals surface area contributed by atoms with Crippen LogP contribution in [0.1, 0.15) is 42.0 Å². The number of halogens is 2. The largest absolute Gasteiger partial charge is 0.386 e. The van der Waals surface area contributed by atoms with Crippen molar-refractivity contribution in [3.05, 3.63) is 51.8 Å². The summed E-state index contributed by atoms with van der Waals surface area (Å²) in [4.78, 5) is 12.0. The Morgan fingerprint density at radius 2 is 1.95 bits per heavy atom. The van der Waals surface area contributed by atoms with E-state index in [-0.39, 0.29) is 18.5 Å². The molecule has 0 aliphatic rings. The summed E-state index contributed by atoms with van der Waals surface area (Å²) in [6.07, 6.45) is 0.748. The standard InChI is InChI=1S/C15H17Cl2N3O2/c1-9(2)20-7-6-12(19-20)15(22)18-8-13(21)14-10(16)4-3-5-11(14)17/h3-7,9,13,21H,8H2,1-2H3,(H,18,22)/t13-/m1/s1. The van der Waals surface area contributed by atoms with Crippen LogP contribution in [0.5, 0.6) is 0 Å². The SMILES string of the molecule is CC(C)n1ccc(C(=O)NC[C@@H](O)c2c(Cl)cccc2Cl)n1. The number of nitrogens with zero attached hydrogens (tertiary/aromatic N) is 2. The van der Waals surface area contributed by atoms with E-state index in [1.165, 1.54) is 0 Å². The first kappa shape index (κ1) is 16.8. The van der Waals surface area contributed by atoms with Gasteiger partial charge in [0.25, 0.3) is 5.91 Å². The zero-order valence-electron chi connectivity index (χ0n) is 12.3. The van der Waals surface area contributed by atoms with E-state index in [4.69, 9.17) is 23.2 Å². The predicted octanol–water partition coefficient (Wildman–Crippen LogP) is 3.23. The second-order valence-electron chi connectivity index (χ2n) is 5.14. The van der Waals surface area contributed by atoms with E-state index < -0.39 is 6.10 Å². The van der Waals surface area contributed by atoms with Crippen LogP contribution in [0.2, 0.25) is 10.0 Å². The minimum atomic E-state index is -0.989. The maximum absolute atomic E-state index is 12.0. The van der Waals surface area contributed by atoms with Crippen LogP contribution in [0.15, 0.2) is 30.5 Å². The third-order valence-corrected chi connectivity index (χ3v) is 3.82. The van der Waals surface area contributed by atoms with E-state index in [1.807, 2.05) is 13.8 Å². The molecule has 1 atom stereocenters. The smallest absolute Gasteiger partial charge is 0.271 e. The molecule has 1 heterocycles. The van der Waals surface area contributed by atoms with Crippen LogP contribution in [0, 0.1) is 0 Å². The van der Waals surface area contributed by atoms with Gasteiger partial charge in [0.15, 0.2) is 0 Å². The quantitative estimate of drug-likeness (QED) is 0.877. The van der Waals surface area contributed by atoms with Gasteiger partial charge in [-0.25, -0.2) is 0 Å². The molecule has 0 unspecified atom stereocenters. The Balaban J connectivity index is 2.01. The molecule has 2 N–H and O–H groups in total. The fourth-order valence-corrected chi connectivity index (χ4v) is 2.61. The molecule has 0 radical (unpaired) electrons. The van der Waals surface area contributed by atoms with Gasteiger partial charge in [-0.2, -0.15) is 5.10 Å². The Hall–Kier alpha value is -1.56. The lowest BCUT2D eigenvalue weighted by molar-refractivity contribution is 0.0910. The summed E-state index contributed by atoms with van der Waals surface area (Å²) >= 11 is 12.0. The van der Waals surface area contributed by atoms with Crippen LogP contribution in [0.4, 0.5) is 0 Å². The van der Waals surface area contributed by atoms with Crippen molar-refractivity contribution in [2.75, 3.05) is 6.54 Å². The molecule has 5 nitrogen and oxygen atoms in total. The Labute approximate surface area is 138 Å². The van der Waals surface area contributed by atoms with E-state index in [1.54, 1.807) is 35.1 Å². The normalized spacial score (nSPS) is 12.5. The minimum absolute atomic E-state index is 0.00315. The topological polar surface area (TPSA) is 67.2 Å². The number of aliphatic hydroxyl groups excluding tert-OH is 1. The second-order valence-corrected chi connectivity index (χ2v) is 5.95. The summed E-state index contributed by atoms with van der Waals surface area (Å²) in [5.41, 5.74) is 0.699. The number of hydrogen-bond acceptors (Lipinski definition) is 3. The molecule has 22 heavy (non-hydrogen) atoms. The van der Waals surface area contributed by atoms with Gasteiger partial charge in [-0.1, -0.05) is 29.3 Å². The van der Waals surface area contributed by atoms with Crippen LogP contribution < -0.4 is 5.32 Å². The van der Waals surface area contributed by atoms with Gasteiger partial charge in [0, 0.05) is 34.4 Å². The van der Waals surface area contributed by atoms with E-state index in [2.05, 4.69) is 10.4 Å². The monoisotopic (exact) mass is 341 g/mol. The van der Waals surface area contributed by atoms with Crippen molar-refractivity contribution < 1.29 is 9.90 Å². The summed E-state index contributed by atoms with van der Waals surface area (Å²) in [7, 11) is 0. The number of rotatable bonds is 5. The second kappa shape index (κ2) is 7.13. The molecule has 1 amide bonds. The first-order chi connectivity index (χ1) is 10.4. The lowest BCUT2D eigenvalue weighted by Gasteiger charge is -2.14. The third-order valence-electron chi connectivity index (χ3n) is 3.16. The number of aliphatic hydroxyl groups is 1. The van der Waals surface area contributed by atoms with Gasteiger partial charge < -0.3 is 10.4 Å². The lowest BCUT2D eigenvalue weighted by Crippen LogP contribution is -2.29. The van der Waals surface area contributed by atoms with Gasteiger partial charge in [-0.3, -0.25) is 9.48 Å². The molecular weight excluding hydrogens is 325 g/mol. The highest BCUT2D eigenvalue weighted by molar-refractivity contribution is 6.36. The number of hydrogen-bond donors (Lipinski definition) is 2. The van der Waals surface area contributed by atoms with Crippen molar-refractivity contribution in [3.8, 4) is 0 Å². The molecule has 0 bridgehead atoms. The van der Waals surface area contributed by atoms with Gasteiger partial charge in [0.05, 0.1) is 6.10 Å². The highest BCUT2D eigenvalue weighted by atomic mass is 35.5. The molecule has 1 aromatic carbocycles. The zero-order valence-corrected chi connectivity index (χ0v) is 13.8. The summed E-state index contributed by atoms with van der Waals surface area (Å²) in [5.74, 6) is -0.360. The number of nitrogens with one attached hydrogen (secondary N) is 1. The number of aromatic nitrogens is 2. The molecule has 0 fully saturated rings. The van der Waals surface area contributed by atoms with Gasteiger partial charge >= 0.3 is 0 Å². The molecule has 0 saturated carbocycles. The molecule has 0 aliphatic carbocycles. The molecule has 7 heteroatoms. The molecule has 0 spiro atoms. The summed E-state index contributed by atoms with van der Waals surface area (Å²) in [6, 6.07) is 6.77. The highest BCUT2D eigenvalue weighted by Gasteiger charge is 2.17. The van der Waals surface area contributed by atoms with E-state index in [9.17, 15) is 9.90 Å². The minimum Gasteiger partial charge on any atom is -0.386 e. The lowest BCUT2D eigenvalue weighted by atomic mass is 10.1. The Morgan fingerprint density at radius 3 is 2.50 bits per heavy atom. The predicted molar refractivity (Wildman–Crippen MR) is 86.4 cm³/mol. The number of carbonyl (C=O) groups is 1. The maximum atomic E-state index is 12.0. The summed E-state index contributed by atoms with van der Waals surface area (Å²) in [5, 5.41) is 17.7. The van der Waals surface area contributed by atoms with Crippen molar-refractivity contribution >= 4 is 29.1 Å². The van der Waals surface area contributed by atoms with Gasteiger partial charge in [-0.05, 0) is 32.0 Å². The van der Waals surface area contributed by atoms with Crippen LogP contribution in [0.3, 0.4) is 0 Å². The fraction of sp³-hybridized carbons (Fsp3) is 0.333. The molecule has 2 aromatic rings. The van der Waals surface area contributed by atoms with Crippen molar-refractivity contribution in [3.63, 3.8) is 0 Å². The molecule has 118 valence electrons. The first-order valence-electron chi connectivity index (χ1n) is 6.85. The summed E-state index contributed by atoms with van der Waals surface area (Å²) < 4.78 is 1.69.